The van der Waals surface area contributed by atoms with Gasteiger partial charge in [-0.25, -0.2) is 0 Å². The SMILES string of the molecule is ICC#CCc1ccccc1. The fourth-order valence-corrected chi connectivity index (χ4v) is 1.08. The predicted molar refractivity (Wildman–Crippen MR) is 56.8 cm³/mol. The zero-order valence-electron chi connectivity index (χ0n) is 6.18. The van der Waals surface area contributed by atoms with Crippen LogP contribution in [-0.2, 0) is 6.42 Å². The minimum Gasteiger partial charge on any atom is -0.0977 e. The zero-order chi connectivity index (χ0) is 7.94. The molecule has 1 aromatic carbocycles. The number of hydrogen-bond acceptors (Lipinski definition) is 0. The van der Waals surface area contributed by atoms with Gasteiger partial charge in [-0.3, -0.25) is 0 Å². The Balaban J connectivity index is 2.52. The Morgan fingerprint density at radius 2 is 1.82 bits per heavy atom. The van der Waals surface area contributed by atoms with E-state index in [9.17, 15) is 0 Å². The van der Waals surface area contributed by atoms with Crippen LogP contribution in [0.3, 0.4) is 0 Å². The Hall–Kier alpha value is -0.490. The average Bonchev–Trinajstić information content (AvgIpc) is 2.07. The first-order chi connectivity index (χ1) is 5.43. The van der Waals surface area contributed by atoms with Crippen LogP contribution in [0.2, 0.25) is 0 Å². The summed E-state index contributed by atoms with van der Waals surface area (Å²) >= 11 is 2.26. The van der Waals surface area contributed by atoms with Crippen LogP contribution in [0.4, 0.5) is 0 Å². The highest BCUT2D eigenvalue weighted by molar-refractivity contribution is 14.1. The van der Waals surface area contributed by atoms with E-state index in [2.05, 4.69) is 46.6 Å². The van der Waals surface area contributed by atoms with Gasteiger partial charge in [0.2, 0.25) is 0 Å². The van der Waals surface area contributed by atoms with Crippen molar-refractivity contribution < 1.29 is 0 Å². The first-order valence-electron chi connectivity index (χ1n) is 3.49. The van der Waals surface area contributed by atoms with Crippen molar-refractivity contribution in [1.29, 1.82) is 0 Å². The molecule has 0 aliphatic carbocycles. The maximum atomic E-state index is 3.09. The summed E-state index contributed by atoms with van der Waals surface area (Å²) in [5.74, 6) is 6.13. The molecule has 11 heavy (non-hydrogen) atoms. The Bertz CT molecular complexity index is 253. The highest BCUT2D eigenvalue weighted by Gasteiger charge is 1.83. The van der Waals surface area contributed by atoms with Crippen LogP contribution in [0.25, 0.3) is 0 Å². The molecular formula is C10H9I. The molecule has 0 aliphatic rings. The van der Waals surface area contributed by atoms with Gasteiger partial charge in [-0.2, -0.15) is 0 Å². The summed E-state index contributed by atoms with van der Waals surface area (Å²) in [5, 5.41) is 0. The molecule has 0 N–H and O–H groups in total. The van der Waals surface area contributed by atoms with Crippen molar-refractivity contribution >= 4 is 22.6 Å². The molecule has 1 heteroatoms. The van der Waals surface area contributed by atoms with Crippen LogP contribution in [-0.4, -0.2) is 4.43 Å². The summed E-state index contributed by atoms with van der Waals surface area (Å²) in [6.45, 7) is 0. The van der Waals surface area contributed by atoms with Crippen LogP contribution < -0.4 is 0 Å². The van der Waals surface area contributed by atoms with Crippen molar-refractivity contribution in [1.82, 2.24) is 0 Å². The van der Waals surface area contributed by atoms with Crippen LogP contribution in [0.5, 0.6) is 0 Å². The largest absolute Gasteiger partial charge is 0.0977 e. The first kappa shape index (κ1) is 8.61. The number of hydrogen-bond donors (Lipinski definition) is 0. The number of benzene rings is 1. The van der Waals surface area contributed by atoms with Gasteiger partial charge >= 0.3 is 0 Å². The van der Waals surface area contributed by atoms with E-state index in [1.165, 1.54) is 5.56 Å². The number of alkyl halides is 1. The number of halogens is 1. The standard InChI is InChI=1S/C10H9I/c11-9-5-4-8-10-6-2-1-3-7-10/h1-3,6-7H,8-9H2. The Morgan fingerprint density at radius 3 is 2.45 bits per heavy atom. The van der Waals surface area contributed by atoms with Gasteiger partial charge < -0.3 is 0 Å². The third-order valence-corrected chi connectivity index (χ3v) is 1.71. The molecule has 0 nitrogen and oxygen atoms in total. The lowest BCUT2D eigenvalue weighted by Gasteiger charge is -1.90. The monoisotopic (exact) mass is 256 g/mol. The predicted octanol–water partition coefficient (Wildman–Crippen LogP) is 2.67. The third kappa shape index (κ3) is 3.43. The van der Waals surface area contributed by atoms with Crippen LogP contribution >= 0.6 is 22.6 Å². The molecule has 0 aliphatic heterocycles. The molecule has 0 atom stereocenters. The van der Waals surface area contributed by atoms with Gasteiger partial charge in [-0.1, -0.05) is 64.8 Å². The van der Waals surface area contributed by atoms with E-state index in [1.807, 2.05) is 18.2 Å². The second kappa shape index (κ2) is 5.20. The second-order valence-corrected chi connectivity index (χ2v) is 2.91. The van der Waals surface area contributed by atoms with E-state index in [-0.39, 0.29) is 0 Å². The molecule has 1 aromatic rings. The quantitative estimate of drug-likeness (QED) is 0.411. The van der Waals surface area contributed by atoms with E-state index in [1.54, 1.807) is 0 Å². The van der Waals surface area contributed by atoms with Crippen molar-refractivity contribution in [3.63, 3.8) is 0 Å². The highest BCUT2D eigenvalue weighted by atomic mass is 127. The Kier molecular flexibility index (Phi) is 4.07. The van der Waals surface area contributed by atoms with Gasteiger partial charge in [0.15, 0.2) is 0 Å². The van der Waals surface area contributed by atoms with Gasteiger partial charge in [-0.15, -0.1) is 0 Å². The van der Waals surface area contributed by atoms with E-state index in [0.29, 0.717) is 0 Å². The van der Waals surface area contributed by atoms with Crippen molar-refractivity contribution in [2.45, 2.75) is 6.42 Å². The smallest absolute Gasteiger partial charge is 0.0609 e. The molecule has 0 fully saturated rings. The lowest BCUT2D eigenvalue weighted by Crippen LogP contribution is -1.78. The minimum atomic E-state index is 0.879. The van der Waals surface area contributed by atoms with Gasteiger partial charge in [0.25, 0.3) is 0 Å². The topological polar surface area (TPSA) is 0 Å². The van der Waals surface area contributed by atoms with Gasteiger partial charge in [0.1, 0.15) is 0 Å². The van der Waals surface area contributed by atoms with Gasteiger partial charge in [-0.05, 0) is 5.56 Å². The first-order valence-corrected chi connectivity index (χ1v) is 5.01. The van der Waals surface area contributed by atoms with Crippen molar-refractivity contribution in [2.75, 3.05) is 4.43 Å². The van der Waals surface area contributed by atoms with Crippen LogP contribution in [0.1, 0.15) is 5.56 Å². The normalized spacial score (nSPS) is 8.45. The second-order valence-electron chi connectivity index (χ2n) is 2.15. The fraction of sp³-hybridized carbons (Fsp3) is 0.200. The molecule has 1 rings (SSSR count). The lowest BCUT2D eigenvalue weighted by atomic mass is 10.2. The molecular weight excluding hydrogens is 247 g/mol. The molecule has 0 radical (unpaired) electrons. The summed E-state index contributed by atoms with van der Waals surface area (Å²) in [5.41, 5.74) is 1.30. The molecule has 56 valence electrons. The van der Waals surface area contributed by atoms with E-state index >= 15 is 0 Å². The fourth-order valence-electron chi connectivity index (χ4n) is 0.808. The summed E-state index contributed by atoms with van der Waals surface area (Å²) in [6, 6.07) is 10.3. The summed E-state index contributed by atoms with van der Waals surface area (Å²) in [4.78, 5) is 0. The Labute approximate surface area is 81.2 Å². The van der Waals surface area contributed by atoms with E-state index in [4.69, 9.17) is 0 Å². The van der Waals surface area contributed by atoms with Crippen LogP contribution in [0, 0.1) is 11.8 Å². The van der Waals surface area contributed by atoms with Crippen molar-refractivity contribution in [3.05, 3.63) is 35.9 Å². The summed E-state index contributed by atoms with van der Waals surface area (Å²) < 4.78 is 0.921. The molecule has 0 saturated carbocycles. The van der Waals surface area contributed by atoms with Gasteiger partial charge in [0.05, 0.1) is 4.43 Å². The molecule has 0 amide bonds. The van der Waals surface area contributed by atoms with Gasteiger partial charge in [0, 0.05) is 6.42 Å². The Morgan fingerprint density at radius 1 is 1.09 bits per heavy atom. The minimum absolute atomic E-state index is 0.879. The third-order valence-electron chi connectivity index (χ3n) is 1.33. The van der Waals surface area contributed by atoms with Crippen molar-refractivity contribution in [2.24, 2.45) is 0 Å². The van der Waals surface area contributed by atoms with E-state index < -0.39 is 0 Å². The maximum absolute atomic E-state index is 3.09. The number of rotatable bonds is 1. The average molecular weight is 256 g/mol. The molecule has 0 saturated heterocycles. The molecule has 0 bridgehead atoms. The molecule has 0 spiro atoms. The summed E-state index contributed by atoms with van der Waals surface area (Å²) in [7, 11) is 0. The highest BCUT2D eigenvalue weighted by Crippen LogP contribution is 1.97. The molecule has 0 aromatic heterocycles. The maximum Gasteiger partial charge on any atom is 0.0609 e. The van der Waals surface area contributed by atoms with E-state index in [0.717, 1.165) is 10.8 Å². The lowest BCUT2D eigenvalue weighted by molar-refractivity contribution is 1.32. The zero-order valence-corrected chi connectivity index (χ0v) is 8.34. The molecule has 0 heterocycles. The van der Waals surface area contributed by atoms with Crippen molar-refractivity contribution in [3.8, 4) is 11.8 Å². The summed E-state index contributed by atoms with van der Waals surface area (Å²) in [6.07, 6.45) is 0.879. The molecule has 0 unspecified atom stereocenters. The van der Waals surface area contributed by atoms with Crippen LogP contribution in [0.15, 0.2) is 30.3 Å².